The van der Waals surface area contributed by atoms with E-state index < -0.39 is 0 Å². The lowest BCUT2D eigenvalue weighted by Crippen LogP contribution is -2.48. The Kier molecular flexibility index (Phi) is 17.1. The van der Waals surface area contributed by atoms with Crippen molar-refractivity contribution in [2.24, 2.45) is 10.8 Å². The van der Waals surface area contributed by atoms with Gasteiger partial charge in [-0.3, -0.25) is 19.4 Å². The zero-order valence-electron chi connectivity index (χ0n) is 36.8. The Bertz CT molecular complexity index is 1610. The van der Waals surface area contributed by atoms with Crippen molar-refractivity contribution in [2.45, 2.75) is 146 Å². The van der Waals surface area contributed by atoms with Gasteiger partial charge in [-0.2, -0.15) is 0 Å². The van der Waals surface area contributed by atoms with Crippen molar-refractivity contribution >= 4 is 11.6 Å². The summed E-state index contributed by atoms with van der Waals surface area (Å²) in [5.74, 6) is 0.640. The zero-order chi connectivity index (χ0) is 40.9. The lowest BCUT2D eigenvalue weighted by molar-refractivity contribution is -0.123. The fraction of sp³-hybridized carbons (Fsp3) is 0.538. The second-order valence-corrected chi connectivity index (χ2v) is 18.3. The largest absolute Gasteiger partial charge is 0.293 e. The highest BCUT2D eigenvalue weighted by Crippen LogP contribution is 2.43. The van der Waals surface area contributed by atoms with E-state index in [1.54, 1.807) is 0 Å². The first kappa shape index (κ1) is 45.1. The van der Waals surface area contributed by atoms with Crippen LogP contribution in [0.2, 0.25) is 0 Å². The van der Waals surface area contributed by atoms with Crippen molar-refractivity contribution in [2.75, 3.05) is 26.2 Å². The molecule has 2 heterocycles. The molecule has 0 N–H and O–H groups in total. The number of hydrogen-bond donors (Lipinski definition) is 0. The highest BCUT2D eigenvalue weighted by Gasteiger charge is 2.41. The summed E-state index contributed by atoms with van der Waals surface area (Å²) in [5, 5.41) is 0. The monoisotopic (exact) mass is 759 g/mol. The minimum Gasteiger partial charge on any atom is -0.293 e. The van der Waals surface area contributed by atoms with E-state index in [1.165, 1.54) is 73.7 Å². The highest BCUT2D eigenvalue weighted by atomic mass is 16.1. The second kappa shape index (κ2) is 21.2. The molecule has 304 valence electrons. The van der Waals surface area contributed by atoms with Gasteiger partial charge in [0.1, 0.15) is 0 Å². The lowest BCUT2D eigenvalue weighted by Gasteiger charge is -2.41. The molecule has 0 radical (unpaired) electrons. The molecule has 0 aromatic rings. The van der Waals surface area contributed by atoms with Crippen molar-refractivity contribution in [1.82, 2.24) is 9.80 Å². The van der Waals surface area contributed by atoms with E-state index in [2.05, 4.69) is 150 Å². The molecule has 2 saturated heterocycles. The van der Waals surface area contributed by atoms with Crippen LogP contribution in [0, 0.1) is 10.8 Å². The maximum atomic E-state index is 13.5. The summed E-state index contributed by atoms with van der Waals surface area (Å²) in [7, 11) is 0. The molecule has 0 amide bonds. The van der Waals surface area contributed by atoms with E-state index >= 15 is 0 Å². The predicted molar refractivity (Wildman–Crippen MR) is 241 cm³/mol. The van der Waals surface area contributed by atoms with Crippen molar-refractivity contribution in [3.05, 3.63) is 130 Å². The van der Waals surface area contributed by atoms with Gasteiger partial charge in [0, 0.05) is 0 Å². The highest BCUT2D eigenvalue weighted by molar-refractivity contribution is 6.02. The molecule has 2 atom stereocenters. The molecule has 4 aliphatic rings. The molecular weight excluding hydrogens is 685 g/mol. The molecule has 0 saturated carbocycles. The molecule has 4 rings (SSSR count). The number of ketones is 2. The molecule has 0 bridgehead atoms. The summed E-state index contributed by atoms with van der Waals surface area (Å²) in [6.45, 7) is 25.9. The maximum Gasteiger partial charge on any atom is 0.175 e. The third-order valence-electron chi connectivity index (χ3n) is 12.5. The molecular formula is C52H74N2O2. The van der Waals surface area contributed by atoms with E-state index in [9.17, 15) is 9.59 Å². The Labute approximate surface area is 342 Å². The van der Waals surface area contributed by atoms with E-state index in [-0.39, 0.29) is 22.9 Å². The average Bonchev–Trinajstić information content (AvgIpc) is 3.59. The molecule has 4 heteroatoms. The molecule has 4 nitrogen and oxygen atoms in total. The molecule has 0 aromatic heterocycles. The van der Waals surface area contributed by atoms with Gasteiger partial charge >= 0.3 is 0 Å². The SMILES string of the molecule is CC1=C(/C=C/C(C)=C/C=C/C(C)=C/C=C/C=C(C)/C=C/C=C(C)/C=C/C2=C(C)C(=O)C(N3CCCCCC3)CC2(C)C)C(C)(C)CC(N2CCCCCC2)C1=O. The normalized spacial score (nSPS) is 26.2. The summed E-state index contributed by atoms with van der Waals surface area (Å²) in [6, 6.07) is 0.0531. The predicted octanol–water partition coefficient (Wildman–Crippen LogP) is 12.7. The van der Waals surface area contributed by atoms with Crippen LogP contribution in [-0.4, -0.2) is 59.6 Å². The van der Waals surface area contributed by atoms with Crippen LogP contribution in [0.1, 0.15) is 133 Å². The van der Waals surface area contributed by atoms with Gasteiger partial charge in [0.25, 0.3) is 0 Å². The van der Waals surface area contributed by atoms with Crippen LogP contribution < -0.4 is 0 Å². The van der Waals surface area contributed by atoms with Crippen molar-refractivity contribution in [3.8, 4) is 0 Å². The second-order valence-electron chi connectivity index (χ2n) is 18.3. The third-order valence-corrected chi connectivity index (χ3v) is 12.5. The number of carbonyl (C=O) groups is 2. The van der Waals surface area contributed by atoms with Crippen LogP contribution in [0.5, 0.6) is 0 Å². The smallest absolute Gasteiger partial charge is 0.175 e. The van der Waals surface area contributed by atoms with Gasteiger partial charge in [-0.1, -0.05) is 161 Å². The van der Waals surface area contributed by atoms with E-state index in [0.717, 1.165) is 61.3 Å². The van der Waals surface area contributed by atoms with Crippen LogP contribution >= 0.6 is 0 Å². The summed E-state index contributed by atoms with van der Waals surface area (Å²) in [4.78, 5) is 31.9. The summed E-state index contributed by atoms with van der Waals surface area (Å²) in [5.41, 5.74) is 8.80. The molecule has 2 aliphatic carbocycles. The number of carbonyl (C=O) groups excluding carboxylic acids is 2. The topological polar surface area (TPSA) is 40.6 Å². The first-order valence-electron chi connectivity index (χ1n) is 21.7. The van der Waals surface area contributed by atoms with Crippen LogP contribution in [0.3, 0.4) is 0 Å². The molecule has 56 heavy (non-hydrogen) atoms. The summed E-state index contributed by atoms with van der Waals surface area (Å²) < 4.78 is 0. The van der Waals surface area contributed by atoms with Gasteiger partial charge < -0.3 is 0 Å². The Balaban J connectivity index is 1.28. The lowest BCUT2D eigenvalue weighted by atomic mass is 9.69. The first-order chi connectivity index (χ1) is 26.6. The molecule has 2 unspecified atom stereocenters. The summed E-state index contributed by atoms with van der Waals surface area (Å²) >= 11 is 0. The fourth-order valence-electron chi connectivity index (χ4n) is 9.03. The quantitative estimate of drug-likeness (QED) is 0.186. The van der Waals surface area contributed by atoms with Gasteiger partial charge in [-0.25, -0.2) is 0 Å². The number of allylic oxidation sites excluding steroid dienone is 20. The van der Waals surface area contributed by atoms with E-state index in [0.29, 0.717) is 11.6 Å². The maximum absolute atomic E-state index is 13.5. The summed E-state index contributed by atoms with van der Waals surface area (Å²) in [6.07, 6.45) is 41.5. The van der Waals surface area contributed by atoms with Gasteiger partial charge in [0.15, 0.2) is 11.6 Å². The average molecular weight is 759 g/mol. The van der Waals surface area contributed by atoms with Crippen molar-refractivity contribution < 1.29 is 9.59 Å². The first-order valence-corrected chi connectivity index (χ1v) is 21.7. The van der Waals surface area contributed by atoms with Gasteiger partial charge in [0.2, 0.25) is 0 Å². The number of likely N-dealkylation sites (tertiary alicyclic amines) is 2. The van der Waals surface area contributed by atoms with E-state index in [4.69, 9.17) is 0 Å². The minimum atomic E-state index is -0.0350. The molecule has 2 aliphatic heterocycles. The van der Waals surface area contributed by atoms with Crippen LogP contribution in [0.15, 0.2) is 130 Å². The van der Waals surface area contributed by atoms with Crippen LogP contribution in [-0.2, 0) is 9.59 Å². The van der Waals surface area contributed by atoms with Gasteiger partial charge in [-0.15, -0.1) is 0 Å². The third kappa shape index (κ3) is 13.0. The Morgan fingerprint density at radius 2 is 0.786 bits per heavy atom. The number of Topliss-reactive ketones (excluding diaryl/α,β-unsaturated/α-hetero) is 2. The van der Waals surface area contributed by atoms with Crippen LogP contribution in [0.4, 0.5) is 0 Å². The van der Waals surface area contributed by atoms with Crippen LogP contribution in [0.25, 0.3) is 0 Å². The number of nitrogens with zero attached hydrogens (tertiary/aromatic N) is 2. The van der Waals surface area contributed by atoms with E-state index in [1.807, 2.05) is 13.8 Å². The molecule has 0 aromatic carbocycles. The molecule has 2 fully saturated rings. The van der Waals surface area contributed by atoms with Crippen molar-refractivity contribution in [1.29, 1.82) is 0 Å². The zero-order valence-corrected chi connectivity index (χ0v) is 36.8. The number of rotatable bonds is 12. The van der Waals surface area contributed by atoms with Gasteiger partial charge in [-0.05, 0) is 139 Å². The van der Waals surface area contributed by atoms with Crippen molar-refractivity contribution in [3.63, 3.8) is 0 Å². The minimum absolute atomic E-state index is 0.0266. The Morgan fingerprint density at radius 1 is 0.482 bits per heavy atom. The number of hydrogen-bond acceptors (Lipinski definition) is 4. The Morgan fingerprint density at radius 3 is 1.12 bits per heavy atom. The van der Waals surface area contributed by atoms with Gasteiger partial charge in [0.05, 0.1) is 12.1 Å². The molecule has 0 spiro atoms. The fourth-order valence-corrected chi connectivity index (χ4v) is 9.03. The standard InChI is InChI=1S/C52H74N2O2/c1-39(25-21-27-41(3)29-31-45-43(5)49(55)47(37-51(45,7)8)53-33-17-11-12-18-34-53)23-15-16-24-40(2)26-22-28-42(4)30-32-46-44(6)50(56)48(38-52(46,9)10)54-35-19-13-14-20-36-54/h15-16,21-32,47-48H,11-14,17-20,33-38H2,1-10H3/b16-15+,25-21+,26-22+,31-29+,32-30+,39-23+,40-24+,41-27+,42-28+. The Hall–Kier alpha value is -3.60.